The molecule has 0 spiro atoms. The first kappa shape index (κ1) is 27.8. The number of nitro groups is 1. The van der Waals surface area contributed by atoms with Gasteiger partial charge in [-0.25, -0.2) is 9.78 Å². The molecule has 3 aromatic rings. The highest BCUT2D eigenvalue weighted by atomic mass is 79.9. The first-order chi connectivity index (χ1) is 17.5. The number of halogens is 1. The van der Waals surface area contributed by atoms with E-state index in [4.69, 9.17) is 14.2 Å². The van der Waals surface area contributed by atoms with Gasteiger partial charge in [0.2, 0.25) is 5.75 Å². The number of hydrogen-bond acceptors (Lipinski definition) is 9. The van der Waals surface area contributed by atoms with Crippen molar-refractivity contribution in [1.82, 2.24) is 9.66 Å². The molecule has 0 N–H and O–H groups in total. The van der Waals surface area contributed by atoms with Crippen molar-refractivity contribution in [2.24, 2.45) is 5.10 Å². The first-order valence-electron chi connectivity index (χ1n) is 11.6. The number of nitro benzene ring substituents is 1. The fraction of sp³-hybridized carbons (Fsp3) is 0.360. The summed E-state index contributed by atoms with van der Waals surface area (Å²) in [6, 6.07) is 7.91. The molecule has 1 aromatic heterocycles. The van der Waals surface area contributed by atoms with E-state index in [-0.39, 0.29) is 41.3 Å². The number of ether oxygens (including phenoxy) is 3. The second kappa shape index (κ2) is 12.0. The lowest BCUT2D eigenvalue weighted by atomic mass is 10.1. The summed E-state index contributed by atoms with van der Waals surface area (Å²) < 4.78 is 17.9. The molecule has 0 atom stereocenters. The highest BCUT2D eigenvalue weighted by Crippen LogP contribution is 2.38. The topological polar surface area (TPSA) is 135 Å². The van der Waals surface area contributed by atoms with Gasteiger partial charge in [0.25, 0.3) is 5.56 Å². The molecule has 0 radical (unpaired) electrons. The molecular weight excluding hydrogens is 548 g/mol. The van der Waals surface area contributed by atoms with Crippen LogP contribution in [0, 0.1) is 10.1 Å². The van der Waals surface area contributed by atoms with Crippen molar-refractivity contribution in [3.8, 4) is 11.5 Å². The summed E-state index contributed by atoms with van der Waals surface area (Å²) in [6.45, 7) is 8.49. The van der Waals surface area contributed by atoms with Crippen molar-refractivity contribution in [2.75, 3.05) is 13.2 Å². The zero-order valence-electron chi connectivity index (χ0n) is 21.1. The Morgan fingerprint density at radius 2 is 1.95 bits per heavy atom. The van der Waals surface area contributed by atoms with Crippen LogP contribution < -0.4 is 15.0 Å². The summed E-state index contributed by atoms with van der Waals surface area (Å²) in [5.41, 5.74) is 0.00876. The first-order valence-corrected chi connectivity index (χ1v) is 12.3. The highest BCUT2D eigenvalue weighted by Gasteiger charge is 2.24. The Morgan fingerprint density at radius 3 is 2.57 bits per heavy atom. The van der Waals surface area contributed by atoms with Crippen molar-refractivity contribution in [2.45, 2.75) is 46.6 Å². The summed E-state index contributed by atoms with van der Waals surface area (Å²) >= 11 is 3.37. The van der Waals surface area contributed by atoms with Gasteiger partial charge in [-0.1, -0.05) is 29.8 Å². The molecular formula is C25H27BrN4O7. The number of nitrogens with zero attached hydrogens (tertiary/aromatic N) is 4. The number of aromatic nitrogens is 2. The molecule has 1 heterocycles. The minimum Gasteiger partial charge on any atom is -0.490 e. The summed E-state index contributed by atoms with van der Waals surface area (Å²) in [7, 11) is 0. The van der Waals surface area contributed by atoms with E-state index < -0.39 is 23.2 Å². The minimum atomic E-state index is -0.673. The fourth-order valence-electron chi connectivity index (χ4n) is 3.43. The Bertz CT molecular complexity index is 1420. The Kier molecular flexibility index (Phi) is 8.98. The quantitative estimate of drug-likeness (QED) is 0.146. The normalized spacial score (nSPS) is 11.5. The van der Waals surface area contributed by atoms with Crippen molar-refractivity contribution >= 4 is 44.7 Å². The van der Waals surface area contributed by atoms with Gasteiger partial charge in [0.1, 0.15) is 5.82 Å². The monoisotopic (exact) mass is 574 g/mol. The number of benzene rings is 2. The van der Waals surface area contributed by atoms with Gasteiger partial charge >= 0.3 is 11.7 Å². The molecule has 0 saturated heterocycles. The summed E-state index contributed by atoms with van der Waals surface area (Å²) in [6.07, 6.45) is 0.950. The SMILES string of the molecule is CCOc1cc(C=Nn2c(C(C)C)nc3ccc(Br)cc3c2=O)cc([N+](=O)[O-])c1OCC(=O)OC(C)C. The molecule has 0 aliphatic heterocycles. The van der Waals surface area contributed by atoms with Gasteiger partial charge in [-0.15, -0.1) is 0 Å². The molecule has 0 fully saturated rings. The molecule has 196 valence electrons. The lowest BCUT2D eigenvalue weighted by Gasteiger charge is -2.14. The predicted molar refractivity (Wildman–Crippen MR) is 142 cm³/mol. The molecule has 0 saturated carbocycles. The second-order valence-corrected chi connectivity index (χ2v) is 9.45. The third-order valence-electron chi connectivity index (χ3n) is 4.93. The van der Waals surface area contributed by atoms with E-state index >= 15 is 0 Å². The van der Waals surface area contributed by atoms with Crippen molar-refractivity contribution in [3.63, 3.8) is 0 Å². The Balaban J connectivity index is 2.08. The van der Waals surface area contributed by atoms with Crippen LogP contribution in [0.3, 0.4) is 0 Å². The average Bonchev–Trinajstić information content (AvgIpc) is 2.82. The maximum atomic E-state index is 13.2. The maximum Gasteiger partial charge on any atom is 0.344 e. The highest BCUT2D eigenvalue weighted by molar-refractivity contribution is 9.10. The number of hydrogen-bond donors (Lipinski definition) is 0. The molecule has 12 heteroatoms. The maximum absolute atomic E-state index is 13.2. The largest absolute Gasteiger partial charge is 0.490 e. The Morgan fingerprint density at radius 1 is 1.22 bits per heavy atom. The van der Waals surface area contributed by atoms with Crippen LogP contribution in [-0.4, -0.2) is 46.1 Å². The van der Waals surface area contributed by atoms with Crippen LogP contribution in [0.4, 0.5) is 5.69 Å². The standard InChI is InChI=1S/C25H27BrN4O7/c1-6-35-21-10-16(9-20(30(33)34)23(21)36-13-22(31)37-15(4)5)12-27-29-24(14(2)3)28-19-8-7-17(26)11-18(19)25(29)32/h7-12,14-15H,6,13H2,1-5H3. The summed E-state index contributed by atoms with van der Waals surface area (Å²) in [4.78, 5) is 40.9. The molecule has 37 heavy (non-hydrogen) atoms. The van der Waals surface area contributed by atoms with E-state index in [9.17, 15) is 19.7 Å². The molecule has 0 bridgehead atoms. The van der Waals surface area contributed by atoms with Crippen LogP contribution in [0.5, 0.6) is 11.5 Å². The van der Waals surface area contributed by atoms with Crippen molar-refractivity contribution in [1.29, 1.82) is 0 Å². The molecule has 11 nitrogen and oxygen atoms in total. The van der Waals surface area contributed by atoms with E-state index in [0.29, 0.717) is 16.7 Å². The third kappa shape index (κ3) is 6.70. The van der Waals surface area contributed by atoms with Gasteiger partial charge in [0.05, 0.1) is 34.8 Å². The Hall–Kier alpha value is -3.80. The van der Waals surface area contributed by atoms with Crippen LogP contribution in [0.25, 0.3) is 10.9 Å². The van der Waals surface area contributed by atoms with Crippen LogP contribution in [0.2, 0.25) is 0 Å². The molecule has 3 rings (SSSR count). The number of esters is 1. The Labute approximate surface area is 221 Å². The number of carbonyl (C=O) groups is 1. The van der Waals surface area contributed by atoms with Crippen LogP contribution in [0.15, 0.2) is 44.7 Å². The summed E-state index contributed by atoms with van der Waals surface area (Å²) in [5, 5.41) is 16.5. The van der Waals surface area contributed by atoms with E-state index in [1.54, 1.807) is 39.0 Å². The number of fused-ring (bicyclic) bond motifs is 1. The van der Waals surface area contributed by atoms with Gasteiger partial charge in [0, 0.05) is 22.0 Å². The van der Waals surface area contributed by atoms with Gasteiger partial charge in [-0.3, -0.25) is 14.9 Å². The molecule has 2 aromatic carbocycles. The average molecular weight is 575 g/mol. The lowest BCUT2D eigenvalue weighted by Crippen LogP contribution is -2.23. The van der Waals surface area contributed by atoms with Gasteiger partial charge in [0.15, 0.2) is 12.4 Å². The fourth-order valence-corrected chi connectivity index (χ4v) is 3.79. The van der Waals surface area contributed by atoms with Gasteiger partial charge in [-0.2, -0.15) is 9.78 Å². The lowest BCUT2D eigenvalue weighted by molar-refractivity contribution is -0.385. The van der Waals surface area contributed by atoms with E-state index in [2.05, 4.69) is 26.0 Å². The number of rotatable bonds is 10. The van der Waals surface area contributed by atoms with E-state index in [1.165, 1.54) is 23.0 Å². The van der Waals surface area contributed by atoms with Gasteiger partial charge in [-0.05, 0) is 45.0 Å². The van der Waals surface area contributed by atoms with Crippen LogP contribution in [-0.2, 0) is 9.53 Å². The number of carbonyl (C=O) groups excluding carboxylic acids is 1. The van der Waals surface area contributed by atoms with Crippen LogP contribution in [0.1, 0.15) is 51.9 Å². The van der Waals surface area contributed by atoms with Crippen LogP contribution >= 0.6 is 15.9 Å². The van der Waals surface area contributed by atoms with Crippen molar-refractivity contribution in [3.05, 3.63) is 66.7 Å². The zero-order valence-corrected chi connectivity index (χ0v) is 22.6. The third-order valence-corrected chi connectivity index (χ3v) is 5.42. The summed E-state index contributed by atoms with van der Waals surface area (Å²) in [5.74, 6) is -0.533. The molecule has 0 amide bonds. The zero-order chi connectivity index (χ0) is 27.3. The second-order valence-electron chi connectivity index (χ2n) is 8.53. The van der Waals surface area contributed by atoms with Gasteiger partial charge < -0.3 is 14.2 Å². The smallest absolute Gasteiger partial charge is 0.344 e. The van der Waals surface area contributed by atoms with E-state index in [1.807, 2.05) is 13.8 Å². The predicted octanol–water partition coefficient (Wildman–Crippen LogP) is 4.80. The molecule has 0 unspecified atom stereocenters. The van der Waals surface area contributed by atoms with E-state index in [0.717, 1.165) is 4.47 Å². The minimum absolute atomic E-state index is 0.0486. The van der Waals surface area contributed by atoms with Crippen molar-refractivity contribution < 1.29 is 23.9 Å². The molecule has 0 aliphatic carbocycles. The molecule has 0 aliphatic rings.